The van der Waals surface area contributed by atoms with E-state index in [4.69, 9.17) is 0 Å². The van der Waals surface area contributed by atoms with Gasteiger partial charge >= 0.3 is 0 Å². The van der Waals surface area contributed by atoms with Gasteiger partial charge < -0.3 is 5.11 Å². The lowest BCUT2D eigenvalue weighted by Gasteiger charge is -2.24. The molecule has 2 N–H and O–H groups in total. The predicted octanol–water partition coefficient (Wildman–Crippen LogP) is 3.68. The largest absolute Gasteiger partial charge is 0.384 e. The topological polar surface area (TPSA) is 66.4 Å². The molecule has 0 amide bonds. The van der Waals surface area contributed by atoms with Crippen LogP contribution in [0.1, 0.15) is 12.5 Å². The van der Waals surface area contributed by atoms with Crippen molar-refractivity contribution in [3.8, 4) is 11.1 Å². The number of hydrogen-bond donors (Lipinski definition) is 2. The molecule has 27 heavy (non-hydrogen) atoms. The second-order valence-corrected chi connectivity index (χ2v) is 8.27. The van der Waals surface area contributed by atoms with E-state index in [-0.39, 0.29) is 11.4 Å². The number of halogens is 1. The van der Waals surface area contributed by atoms with Crippen LogP contribution in [0, 0.1) is 5.82 Å². The van der Waals surface area contributed by atoms with Crippen molar-refractivity contribution in [1.82, 2.24) is 4.72 Å². The van der Waals surface area contributed by atoms with Crippen molar-refractivity contribution in [2.24, 2.45) is 0 Å². The summed E-state index contributed by atoms with van der Waals surface area (Å²) < 4.78 is 40.2. The van der Waals surface area contributed by atoms with E-state index < -0.39 is 21.4 Å². The van der Waals surface area contributed by atoms with E-state index in [1.807, 2.05) is 42.5 Å². The smallest absolute Gasteiger partial charge is 0.240 e. The van der Waals surface area contributed by atoms with E-state index in [0.29, 0.717) is 5.56 Å². The van der Waals surface area contributed by atoms with Crippen molar-refractivity contribution in [2.45, 2.75) is 17.4 Å². The van der Waals surface area contributed by atoms with Gasteiger partial charge in [-0.05, 0) is 41.8 Å². The van der Waals surface area contributed by atoms with Crippen LogP contribution in [0.4, 0.5) is 4.39 Å². The number of rotatable bonds is 6. The lowest BCUT2D eigenvalue weighted by Crippen LogP contribution is -2.38. The van der Waals surface area contributed by atoms with Gasteiger partial charge in [0.05, 0.1) is 4.90 Å². The van der Waals surface area contributed by atoms with Crippen LogP contribution in [0.3, 0.4) is 0 Å². The maximum absolute atomic E-state index is 13.3. The molecule has 0 heterocycles. The zero-order valence-corrected chi connectivity index (χ0v) is 15.6. The molecule has 0 aromatic heterocycles. The Morgan fingerprint density at radius 2 is 1.56 bits per heavy atom. The standard InChI is InChI=1S/C21H20FNO3S/c1-21(24,15-23-27(25,26)20-9-5-8-19(22)14-20)18-12-10-17(11-13-18)16-6-3-2-4-7-16/h2-14,23-24H,15H2,1H3/t21-/m1/s1. The Morgan fingerprint density at radius 3 is 2.19 bits per heavy atom. The van der Waals surface area contributed by atoms with Gasteiger partial charge in [-0.25, -0.2) is 17.5 Å². The van der Waals surface area contributed by atoms with Crippen LogP contribution < -0.4 is 4.72 Å². The lowest BCUT2D eigenvalue weighted by molar-refractivity contribution is 0.0627. The van der Waals surface area contributed by atoms with E-state index in [9.17, 15) is 17.9 Å². The summed E-state index contributed by atoms with van der Waals surface area (Å²) in [5, 5.41) is 10.7. The fourth-order valence-electron chi connectivity index (χ4n) is 2.71. The second kappa shape index (κ2) is 7.60. The van der Waals surface area contributed by atoms with Crippen molar-refractivity contribution in [3.05, 3.63) is 90.2 Å². The zero-order chi connectivity index (χ0) is 19.5. The molecular weight excluding hydrogens is 365 g/mol. The third-order valence-corrected chi connectivity index (χ3v) is 5.73. The van der Waals surface area contributed by atoms with Crippen LogP contribution >= 0.6 is 0 Å². The fraction of sp³-hybridized carbons (Fsp3) is 0.143. The monoisotopic (exact) mass is 385 g/mol. The Morgan fingerprint density at radius 1 is 0.926 bits per heavy atom. The zero-order valence-electron chi connectivity index (χ0n) is 14.8. The SMILES string of the molecule is C[C@@](O)(CNS(=O)(=O)c1cccc(F)c1)c1ccc(-c2ccccc2)cc1. The molecule has 140 valence electrons. The Hall–Kier alpha value is -2.54. The summed E-state index contributed by atoms with van der Waals surface area (Å²) in [7, 11) is -3.93. The van der Waals surface area contributed by atoms with Crippen molar-refractivity contribution in [3.63, 3.8) is 0 Å². The second-order valence-electron chi connectivity index (χ2n) is 6.50. The van der Waals surface area contributed by atoms with Gasteiger partial charge in [-0.1, -0.05) is 60.7 Å². The molecule has 0 bridgehead atoms. The Kier molecular flexibility index (Phi) is 5.41. The number of aliphatic hydroxyl groups is 1. The van der Waals surface area contributed by atoms with Crippen LogP contribution in [-0.2, 0) is 15.6 Å². The van der Waals surface area contributed by atoms with Gasteiger partial charge in [-0.2, -0.15) is 0 Å². The molecular formula is C21H20FNO3S. The molecule has 0 saturated carbocycles. The van der Waals surface area contributed by atoms with Crippen molar-refractivity contribution >= 4 is 10.0 Å². The molecule has 6 heteroatoms. The molecule has 0 unspecified atom stereocenters. The van der Waals surface area contributed by atoms with Gasteiger partial charge in [-0.15, -0.1) is 0 Å². The highest BCUT2D eigenvalue weighted by Crippen LogP contribution is 2.25. The van der Waals surface area contributed by atoms with E-state index >= 15 is 0 Å². The highest BCUT2D eigenvalue weighted by molar-refractivity contribution is 7.89. The van der Waals surface area contributed by atoms with E-state index in [1.165, 1.54) is 25.1 Å². The molecule has 0 aliphatic carbocycles. The Labute approximate surface area is 158 Å². The number of benzene rings is 3. The molecule has 3 aromatic rings. The van der Waals surface area contributed by atoms with Crippen LogP contribution in [-0.4, -0.2) is 20.1 Å². The summed E-state index contributed by atoms with van der Waals surface area (Å²) in [5.74, 6) is -0.638. The molecule has 4 nitrogen and oxygen atoms in total. The maximum Gasteiger partial charge on any atom is 0.240 e. The minimum absolute atomic E-state index is 0.183. The van der Waals surface area contributed by atoms with Crippen molar-refractivity contribution < 1.29 is 17.9 Å². The van der Waals surface area contributed by atoms with Gasteiger partial charge in [0, 0.05) is 6.54 Å². The summed E-state index contributed by atoms with van der Waals surface area (Å²) in [5.41, 5.74) is 1.20. The van der Waals surface area contributed by atoms with Crippen LogP contribution in [0.2, 0.25) is 0 Å². The maximum atomic E-state index is 13.3. The van der Waals surface area contributed by atoms with Crippen molar-refractivity contribution in [1.29, 1.82) is 0 Å². The summed E-state index contributed by atoms with van der Waals surface area (Å²) in [6.07, 6.45) is 0. The van der Waals surface area contributed by atoms with Gasteiger partial charge in [-0.3, -0.25) is 0 Å². The molecule has 3 aromatic carbocycles. The molecule has 0 spiro atoms. The minimum Gasteiger partial charge on any atom is -0.384 e. The highest BCUT2D eigenvalue weighted by atomic mass is 32.2. The normalized spacial score (nSPS) is 13.9. The molecule has 1 atom stereocenters. The third kappa shape index (κ3) is 4.60. The first-order valence-electron chi connectivity index (χ1n) is 8.41. The van der Waals surface area contributed by atoms with Gasteiger partial charge in [0.1, 0.15) is 11.4 Å². The van der Waals surface area contributed by atoms with Crippen LogP contribution in [0.25, 0.3) is 11.1 Å². The first-order valence-corrected chi connectivity index (χ1v) is 9.90. The quantitative estimate of drug-likeness (QED) is 0.680. The summed E-state index contributed by atoms with van der Waals surface area (Å²) in [6.45, 7) is 1.29. The fourth-order valence-corrected chi connectivity index (χ4v) is 3.87. The highest BCUT2D eigenvalue weighted by Gasteiger charge is 2.26. The van der Waals surface area contributed by atoms with E-state index in [0.717, 1.165) is 17.2 Å². The van der Waals surface area contributed by atoms with E-state index in [2.05, 4.69) is 4.72 Å². The van der Waals surface area contributed by atoms with Crippen LogP contribution in [0.15, 0.2) is 83.8 Å². The Balaban J connectivity index is 1.74. The average molecular weight is 385 g/mol. The minimum atomic E-state index is -3.93. The van der Waals surface area contributed by atoms with Gasteiger partial charge in [0.25, 0.3) is 0 Å². The lowest BCUT2D eigenvalue weighted by atomic mass is 9.94. The summed E-state index contributed by atoms with van der Waals surface area (Å²) in [6, 6.07) is 21.8. The third-order valence-electron chi connectivity index (χ3n) is 4.33. The molecule has 0 aliphatic rings. The first-order chi connectivity index (χ1) is 12.8. The molecule has 3 rings (SSSR count). The number of hydrogen-bond acceptors (Lipinski definition) is 3. The van der Waals surface area contributed by atoms with Gasteiger partial charge in [0.2, 0.25) is 10.0 Å². The summed E-state index contributed by atoms with van der Waals surface area (Å²) in [4.78, 5) is -0.183. The first kappa shape index (κ1) is 19.2. The van der Waals surface area contributed by atoms with E-state index in [1.54, 1.807) is 12.1 Å². The van der Waals surface area contributed by atoms with Crippen molar-refractivity contribution in [2.75, 3.05) is 6.54 Å². The molecule has 0 radical (unpaired) electrons. The molecule has 0 fully saturated rings. The number of sulfonamides is 1. The van der Waals surface area contributed by atoms with Gasteiger partial charge in [0.15, 0.2) is 0 Å². The predicted molar refractivity (Wildman–Crippen MR) is 103 cm³/mol. The number of nitrogens with one attached hydrogen (secondary N) is 1. The Bertz CT molecular complexity index is 1020. The molecule has 0 saturated heterocycles. The molecule has 0 aliphatic heterocycles. The average Bonchev–Trinajstić information content (AvgIpc) is 2.67. The van der Waals surface area contributed by atoms with Crippen LogP contribution in [0.5, 0.6) is 0 Å². The summed E-state index contributed by atoms with van der Waals surface area (Å²) >= 11 is 0.